The van der Waals surface area contributed by atoms with E-state index in [0.29, 0.717) is 62.6 Å². The summed E-state index contributed by atoms with van der Waals surface area (Å²) in [6, 6.07) is 8.23. The summed E-state index contributed by atoms with van der Waals surface area (Å²) < 4.78 is 28.0. The highest BCUT2D eigenvalue weighted by atomic mass is 32.2. The second kappa shape index (κ2) is 8.92. The largest absolute Gasteiger partial charge is 0.337 e. The van der Waals surface area contributed by atoms with Crippen molar-refractivity contribution in [3.8, 4) is 0 Å². The molecule has 0 saturated carbocycles. The molecule has 0 aliphatic carbocycles. The Labute approximate surface area is 183 Å². The van der Waals surface area contributed by atoms with Gasteiger partial charge in [0.15, 0.2) is 0 Å². The van der Waals surface area contributed by atoms with E-state index >= 15 is 0 Å². The molecule has 0 N–H and O–H groups in total. The van der Waals surface area contributed by atoms with Gasteiger partial charge in [-0.15, -0.1) is 0 Å². The molecule has 1 amide bonds. The van der Waals surface area contributed by atoms with E-state index in [2.05, 4.69) is 23.8 Å². The van der Waals surface area contributed by atoms with E-state index in [-0.39, 0.29) is 10.8 Å². The Balaban J connectivity index is 1.46. The lowest BCUT2D eigenvalue weighted by atomic mass is 9.94. The summed E-state index contributed by atoms with van der Waals surface area (Å²) in [7, 11) is -3.62. The summed E-state index contributed by atoms with van der Waals surface area (Å²) in [5, 5.41) is 0. The van der Waals surface area contributed by atoms with Crippen LogP contribution in [0.25, 0.3) is 0 Å². The number of piperidine rings is 1. The summed E-state index contributed by atoms with van der Waals surface area (Å²) >= 11 is 0. The van der Waals surface area contributed by atoms with Crippen LogP contribution in [-0.2, 0) is 10.0 Å². The van der Waals surface area contributed by atoms with E-state index in [0.717, 1.165) is 6.42 Å². The predicted molar refractivity (Wildman–Crippen MR) is 118 cm³/mol. The van der Waals surface area contributed by atoms with E-state index in [4.69, 9.17) is 0 Å². The Morgan fingerprint density at radius 2 is 1.61 bits per heavy atom. The molecular weight excluding hydrogens is 414 g/mol. The molecule has 3 heterocycles. The number of hydrogen-bond donors (Lipinski definition) is 0. The van der Waals surface area contributed by atoms with E-state index in [1.54, 1.807) is 45.9 Å². The van der Waals surface area contributed by atoms with Gasteiger partial charge in [-0.1, -0.05) is 19.9 Å². The van der Waals surface area contributed by atoms with Crippen LogP contribution in [0.3, 0.4) is 0 Å². The van der Waals surface area contributed by atoms with Gasteiger partial charge >= 0.3 is 0 Å². The van der Waals surface area contributed by atoms with Crippen LogP contribution in [0.2, 0.25) is 0 Å². The number of carbonyl (C=O) groups excluding carboxylic acids is 1. The number of nitrogens with zero attached hydrogens (tertiary/aromatic N) is 5. The van der Waals surface area contributed by atoms with E-state index in [1.807, 2.05) is 4.90 Å². The first-order chi connectivity index (χ1) is 14.8. The van der Waals surface area contributed by atoms with Crippen molar-refractivity contribution in [1.29, 1.82) is 0 Å². The highest BCUT2D eigenvalue weighted by molar-refractivity contribution is 7.89. The molecule has 2 fully saturated rings. The molecule has 0 unspecified atom stereocenters. The fourth-order valence-corrected chi connectivity index (χ4v) is 6.21. The summed E-state index contributed by atoms with van der Waals surface area (Å²) in [5.41, 5.74) is 0.406. The maximum absolute atomic E-state index is 13.2. The number of sulfonamides is 1. The van der Waals surface area contributed by atoms with Crippen LogP contribution in [0.4, 0.5) is 5.95 Å². The molecule has 2 aromatic rings. The van der Waals surface area contributed by atoms with Gasteiger partial charge in [0.05, 0.1) is 4.90 Å². The lowest BCUT2D eigenvalue weighted by molar-refractivity contribution is 0.0746. The van der Waals surface area contributed by atoms with Gasteiger partial charge < -0.3 is 9.80 Å². The first-order valence-electron chi connectivity index (χ1n) is 10.8. The number of amides is 1. The van der Waals surface area contributed by atoms with Crippen molar-refractivity contribution < 1.29 is 13.2 Å². The van der Waals surface area contributed by atoms with Crippen LogP contribution >= 0.6 is 0 Å². The minimum absolute atomic E-state index is 0.147. The zero-order valence-corrected chi connectivity index (χ0v) is 18.8. The second-order valence-electron chi connectivity index (χ2n) is 8.62. The minimum atomic E-state index is -3.62. The van der Waals surface area contributed by atoms with Crippen LogP contribution in [0.5, 0.6) is 0 Å². The third-order valence-electron chi connectivity index (χ3n) is 5.96. The third-order valence-corrected chi connectivity index (χ3v) is 7.78. The van der Waals surface area contributed by atoms with Crippen molar-refractivity contribution in [2.45, 2.75) is 25.2 Å². The molecular formula is C22H29N5O3S. The molecule has 166 valence electrons. The number of benzene rings is 1. The molecule has 0 radical (unpaired) electrons. The smallest absolute Gasteiger partial charge is 0.254 e. The first-order valence-corrected chi connectivity index (χ1v) is 12.2. The van der Waals surface area contributed by atoms with Crippen molar-refractivity contribution in [1.82, 2.24) is 19.2 Å². The van der Waals surface area contributed by atoms with Gasteiger partial charge in [-0.25, -0.2) is 18.4 Å². The van der Waals surface area contributed by atoms with Gasteiger partial charge in [-0.05, 0) is 42.5 Å². The Kier molecular flexibility index (Phi) is 6.24. The second-order valence-corrected chi connectivity index (χ2v) is 10.6. The third kappa shape index (κ3) is 4.72. The molecule has 0 spiro atoms. The van der Waals surface area contributed by atoms with Crippen LogP contribution in [0.1, 0.15) is 30.6 Å². The van der Waals surface area contributed by atoms with Crippen molar-refractivity contribution >= 4 is 21.9 Å². The maximum Gasteiger partial charge on any atom is 0.254 e. The fraction of sp³-hybridized carbons (Fsp3) is 0.500. The lowest BCUT2D eigenvalue weighted by Crippen LogP contribution is -2.49. The van der Waals surface area contributed by atoms with E-state index < -0.39 is 10.0 Å². The van der Waals surface area contributed by atoms with E-state index in [9.17, 15) is 13.2 Å². The molecule has 1 aromatic heterocycles. The quantitative estimate of drug-likeness (QED) is 0.719. The molecule has 9 heteroatoms. The molecule has 31 heavy (non-hydrogen) atoms. The SMILES string of the molecule is C[C@@H]1C[C@H](C)CN(S(=O)(=O)c2cccc(C(=O)N3CCN(c4ncccn4)CC3)c2)C1. The Morgan fingerprint density at radius 1 is 0.968 bits per heavy atom. The van der Waals surface area contributed by atoms with Crippen molar-refractivity contribution in [3.05, 3.63) is 48.3 Å². The van der Waals surface area contributed by atoms with Gasteiger partial charge in [-0.2, -0.15) is 4.31 Å². The fourth-order valence-electron chi connectivity index (χ4n) is 4.49. The Hall–Kier alpha value is -2.52. The summed E-state index contributed by atoms with van der Waals surface area (Å²) in [4.78, 5) is 25.6. The molecule has 8 nitrogen and oxygen atoms in total. The first kappa shape index (κ1) is 21.7. The average Bonchev–Trinajstić information content (AvgIpc) is 2.79. The molecule has 1 aromatic carbocycles. The standard InChI is InChI=1S/C22H29N5O3S/c1-17-13-18(2)16-27(15-17)31(29,30)20-6-3-5-19(14-20)21(28)25-9-11-26(12-10-25)22-23-7-4-8-24-22/h3-8,14,17-18H,9-13,15-16H2,1-2H3/t17-,18+. The van der Waals surface area contributed by atoms with Gasteiger partial charge in [0.25, 0.3) is 5.91 Å². The monoisotopic (exact) mass is 443 g/mol. The summed E-state index contributed by atoms with van der Waals surface area (Å²) in [6.07, 6.45) is 4.44. The summed E-state index contributed by atoms with van der Waals surface area (Å²) in [6.45, 7) is 7.55. The zero-order valence-electron chi connectivity index (χ0n) is 18.0. The van der Waals surface area contributed by atoms with Gasteiger partial charge in [0.2, 0.25) is 16.0 Å². The molecule has 2 atom stereocenters. The number of hydrogen-bond acceptors (Lipinski definition) is 6. The minimum Gasteiger partial charge on any atom is -0.337 e. The molecule has 4 rings (SSSR count). The van der Waals surface area contributed by atoms with Crippen LogP contribution < -0.4 is 4.90 Å². The summed E-state index contributed by atoms with van der Waals surface area (Å²) in [5.74, 6) is 1.17. The molecule has 2 aliphatic rings. The number of carbonyl (C=O) groups is 1. The van der Waals surface area contributed by atoms with Crippen molar-refractivity contribution in [2.75, 3.05) is 44.2 Å². The van der Waals surface area contributed by atoms with Crippen molar-refractivity contribution in [2.24, 2.45) is 11.8 Å². The van der Waals surface area contributed by atoms with Crippen LogP contribution in [0, 0.1) is 11.8 Å². The van der Waals surface area contributed by atoms with Gasteiger partial charge in [0.1, 0.15) is 0 Å². The number of rotatable bonds is 4. The number of anilines is 1. The Morgan fingerprint density at radius 3 is 2.26 bits per heavy atom. The topological polar surface area (TPSA) is 86.7 Å². The molecule has 2 saturated heterocycles. The highest BCUT2D eigenvalue weighted by Crippen LogP contribution is 2.27. The molecule has 2 aliphatic heterocycles. The van der Waals surface area contributed by atoms with Crippen LogP contribution in [0.15, 0.2) is 47.6 Å². The predicted octanol–water partition coefficient (Wildman–Crippen LogP) is 2.11. The normalized spacial score (nSPS) is 23.0. The lowest BCUT2D eigenvalue weighted by Gasteiger charge is -2.35. The van der Waals surface area contributed by atoms with Gasteiger partial charge in [-0.3, -0.25) is 4.79 Å². The number of aromatic nitrogens is 2. The van der Waals surface area contributed by atoms with Crippen molar-refractivity contribution in [3.63, 3.8) is 0 Å². The maximum atomic E-state index is 13.2. The highest BCUT2D eigenvalue weighted by Gasteiger charge is 2.32. The molecule has 0 bridgehead atoms. The van der Waals surface area contributed by atoms with Crippen LogP contribution in [-0.4, -0.2) is 72.8 Å². The average molecular weight is 444 g/mol. The number of piperazine rings is 1. The van der Waals surface area contributed by atoms with Gasteiger partial charge in [0, 0.05) is 57.2 Å². The Bertz CT molecular complexity index is 1010. The van der Waals surface area contributed by atoms with E-state index in [1.165, 1.54) is 6.07 Å². The zero-order chi connectivity index (χ0) is 22.0.